The Kier molecular flexibility index (Phi) is 4.18. The van der Waals surface area contributed by atoms with Crippen LogP contribution in [0.1, 0.15) is 18.5 Å². The minimum Gasteiger partial charge on any atom is -0.378 e. The van der Waals surface area contributed by atoms with Crippen LogP contribution in [-0.2, 0) is 0 Å². The molecule has 21 heavy (non-hydrogen) atoms. The van der Waals surface area contributed by atoms with Crippen molar-refractivity contribution < 1.29 is 0 Å². The Hall–Kier alpha value is -1.51. The van der Waals surface area contributed by atoms with Gasteiger partial charge in [0.25, 0.3) is 0 Å². The van der Waals surface area contributed by atoms with E-state index in [1.54, 1.807) is 0 Å². The lowest BCUT2D eigenvalue weighted by Gasteiger charge is -2.19. The van der Waals surface area contributed by atoms with Crippen LogP contribution >= 0.6 is 27.5 Å². The number of halogens is 2. The summed E-state index contributed by atoms with van der Waals surface area (Å²) in [6, 6.07) is 20.9. The molecular weight excluding hydrogens is 346 g/mol. The van der Waals surface area contributed by atoms with E-state index in [9.17, 15) is 0 Å². The smallest absolute Gasteiger partial charge is 0.0593 e. The van der Waals surface area contributed by atoms with Crippen molar-refractivity contribution in [3.05, 3.63) is 75.7 Å². The Balaban J connectivity index is 1.97. The first-order chi connectivity index (χ1) is 10.2. The SMILES string of the molecule is CC(Nc1cccc(Cl)c1Br)c1cccc2ccccc12. The molecule has 0 aliphatic heterocycles. The molecule has 0 aliphatic carbocycles. The Morgan fingerprint density at radius 1 is 0.952 bits per heavy atom. The first kappa shape index (κ1) is 14.4. The molecular formula is C18H15BrClN. The minimum atomic E-state index is 0.186. The number of nitrogens with one attached hydrogen (secondary N) is 1. The van der Waals surface area contributed by atoms with Crippen molar-refractivity contribution in [3.63, 3.8) is 0 Å². The van der Waals surface area contributed by atoms with Crippen LogP contribution in [0.3, 0.4) is 0 Å². The molecule has 0 amide bonds. The van der Waals surface area contributed by atoms with Crippen molar-refractivity contribution in [2.45, 2.75) is 13.0 Å². The Morgan fingerprint density at radius 2 is 1.67 bits per heavy atom. The molecule has 0 radical (unpaired) electrons. The van der Waals surface area contributed by atoms with Crippen molar-refractivity contribution in [1.29, 1.82) is 0 Å². The predicted octanol–water partition coefficient (Wildman–Crippen LogP) is 6.43. The average molecular weight is 361 g/mol. The van der Waals surface area contributed by atoms with Gasteiger partial charge < -0.3 is 5.32 Å². The lowest BCUT2D eigenvalue weighted by atomic mass is 9.99. The number of benzene rings is 3. The minimum absolute atomic E-state index is 0.186. The summed E-state index contributed by atoms with van der Waals surface area (Å²) in [7, 11) is 0. The average Bonchev–Trinajstić information content (AvgIpc) is 2.51. The van der Waals surface area contributed by atoms with Crippen molar-refractivity contribution in [2.24, 2.45) is 0 Å². The molecule has 1 nitrogen and oxygen atoms in total. The van der Waals surface area contributed by atoms with E-state index in [-0.39, 0.29) is 6.04 Å². The monoisotopic (exact) mass is 359 g/mol. The molecule has 3 aromatic carbocycles. The third-order valence-corrected chi connectivity index (χ3v) is 5.01. The van der Waals surface area contributed by atoms with E-state index in [1.165, 1.54) is 16.3 Å². The Labute approximate surface area is 138 Å². The number of rotatable bonds is 3. The van der Waals surface area contributed by atoms with Crippen LogP contribution in [0.2, 0.25) is 5.02 Å². The van der Waals surface area contributed by atoms with E-state index in [0.29, 0.717) is 5.02 Å². The van der Waals surface area contributed by atoms with Crippen molar-refractivity contribution in [2.75, 3.05) is 5.32 Å². The van der Waals surface area contributed by atoms with Crippen molar-refractivity contribution in [1.82, 2.24) is 0 Å². The number of anilines is 1. The van der Waals surface area contributed by atoms with Crippen LogP contribution < -0.4 is 5.32 Å². The summed E-state index contributed by atoms with van der Waals surface area (Å²) in [5.41, 5.74) is 2.28. The zero-order chi connectivity index (χ0) is 14.8. The van der Waals surface area contributed by atoms with Gasteiger partial charge in [0.15, 0.2) is 0 Å². The highest BCUT2D eigenvalue weighted by Crippen LogP contribution is 2.33. The molecule has 0 bridgehead atoms. The van der Waals surface area contributed by atoms with Crippen LogP contribution in [0, 0.1) is 0 Å². The molecule has 106 valence electrons. The molecule has 1 unspecified atom stereocenters. The lowest BCUT2D eigenvalue weighted by Crippen LogP contribution is -2.07. The molecule has 0 saturated carbocycles. The molecule has 0 fully saturated rings. The normalized spacial score (nSPS) is 12.3. The second-order valence-corrected chi connectivity index (χ2v) is 6.24. The van der Waals surface area contributed by atoms with Crippen LogP contribution in [0.5, 0.6) is 0 Å². The standard InChI is InChI=1S/C18H15BrClN/c1-12(21-17-11-5-10-16(20)18(17)19)14-9-4-7-13-6-2-3-8-15(13)14/h2-12,21H,1H3. The summed E-state index contributed by atoms with van der Waals surface area (Å²) >= 11 is 9.69. The number of hydrogen-bond acceptors (Lipinski definition) is 1. The summed E-state index contributed by atoms with van der Waals surface area (Å²) in [6.45, 7) is 2.16. The predicted molar refractivity (Wildman–Crippen MR) is 95.1 cm³/mol. The number of hydrogen-bond donors (Lipinski definition) is 1. The zero-order valence-corrected chi connectivity index (χ0v) is 13.9. The van der Waals surface area contributed by atoms with Crippen LogP contribution in [0.4, 0.5) is 5.69 Å². The fourth-order valence-electron chi connectivity index (χ4n) is 2.55. The molecule has 3 rings (SSSR count). The van der Waals surface area contributed by atoms with Gasteiger partial charge in [-0.1, -0.05) is 60.1 Å². The van der Waals surface area contributed by atoms with Gasteiger partial charge in [0, 0.05) is 6.04 Å². The highest BCUT2D eigenvalue weighted by molar-refractivity contribution is 9.10. The Morgan fingerprint density at radius 3 is 2.52 bits per heavy atom. The maximum absolute atomic E-state index is 6.15. The third-order valence-electron chi connectivity index (χ3n) is 3.61. The van der Waals surface area contributed by atoms with Gasteiger partial charge in [-0.3, -0.25) is 0 Å². The van der Waals surface area contributed by atoms with E-state index in [1.807, 2.05) is 18.2 Å². The highest BCUT2D eigenvalue weighted by Gasteiger charge is 2.11. The molecule has 3 heteroatoms. The molecule has 3 aromatic rings. The summed E-state index contributed by atoms with van der Waals surface area (Å²) in [5.74, 6) is 0. The van der Waals surface area contributed by atoms with E-state index >= 15 is 0 Å². The van der Waals surface area contributed by atoms with Gasteiger partial charge in [-0.05, 0) is 51.3 Å². The van der Waals surface area contributed by atoms with Gasteiger partial charge >= 0.3 is 0 Å². The Bertz CT molecular complexity index is 780. The molecule has 0 saturated heterocycles. The van der Waals surface area contributed by atoms with Gasteiger partial charge in [0.1, 0.15) is 0 Å². The highest BCUT2D eigenvalue weighted by atomic mass is 79.9. The van der Waals surface area contributed by atoms with Crippen LogP contribution in [0.25, 0.3) is 10.8 Å². The van der Waals surface area contributed by atoms with E-state index in [4.69, 9.17) is 11.6 Å². The van der Waals surface area contributed by atoms with Gasteiger partial charge in [-0.2, -0.15) is 0 Å². The van der Waals surface area contributed by atoms with Gasteiger partial charge in [0.05, 0.1) is 15.2 Å². The van der Waals surface area contributed by atoms with Crippen molar-refractivity contribution >= 4 is 44.0 Å². The molecule has 0 aromatic heterocycles. The van der Waals surface area contributed by atoms with Gasteiger partial charge in [-0.25, -0.2) is 0 Å². The molecule has 1 N–H and O–H groups in total. The lowest BCUT2D eigenvalue weighted by molar-refractivity contribution is 0.893. The first-order valence-electron chi connectivity index (χ1n) is 6.85. The summed E-state index contributed by atoms with van der Waals surface area (Å²) in [5, 5.41) is 6.78. The second kappa shape index (κ2) is 6.08. The summed E-state index contributed by atoms with van der Waals surface area (Å²) in [6.07, 6.45) is 0. The van der Waals surface area contributed by atoms with Crippen molar-refractivity contribution in [3.8, 4) is 0 Å². The number of fused-ring (bicyclic) bond motifs is 1. The van der Waals surface area contributed by atoms with Crippen LogP contribution in [0.15, 0.2) is 65.1 Å². The maximum atomic E-state index is 6.15. The largest absolute Gasteiger partial charge is 0.378 e. The fourth-order valence-corrected chi connectivity index (χ4v) is 3.11. The van der Waals surface area contributed by atoms with Gasteiger partial charge in [-0.15, -0.1) is 0 Å². The third kappa shape index (κ3) is 2.92. The summed E-state index contributed by atoms with van der Waals surface area (Å²) < 4.78 is 0.902. The molecule has 0 heterocycles. The summed E-state index contributed by atoms with van der Waals surface area (Å²) in [4.78, 5) is 0. The van der Waals surface area contributed by atoms with Gasteiger partial charge in [0.2, 0.25) is 0 Å². The molecule has 0 spiro atoms. The maximum Gasteiger partial charge on any atom is 0.0593 e. The zero-order valence-electron chi connectivity index (χ0n) is 11.6. The fraction of sp³-hybridized carbons (Fsp3) is 0.111. The molecule has 1 atom stereocenters. The quantitative estimate of drug-likeness (QED) is 0.567. The van der Waals surface area contributed by atoms with E-state index < -0.39 is 0 Å². The van der Waals surface area contributed by atoms with Crippen LogP contribution in [-0.4, -0.2) is 0 Å². The first-order valence-corrected chi connectivity index (χ1v) is 8.02. The second-order valence-electron chi connectivity index (χ2n) is 5.04. The topological polar surface area (TPSA) is 12.0 Å². The molecule has 0 aliphatic rings. The van der Waals surface area contributed by atoms with E-state index in [0.717, 1.165) is 10.2 Å². The van der Waals surface area contributed by atoms with E-state index in [2.05, 4.69) is 70.6 Å².